The molecule has 4 aromatic rings. The molecule has 1 amide bonds. The molecule has 0 aliphatic rings. The Labute approximate surface area is 224 Å². The fourth-order valence-corrected chi connectivity index (χ4v) is 4.93. The topological polar surface area (TPSA) is 88.7 Å². The summed E-state index contributed by atoms with van der Waals surface area (Å²) in [6, 6.07) is 27.0. The number of H-pyrrole nitrogens is 1. The Morgan fingerprint density at radius 3 is 2.18 bits per heavy atom. The number of aromatic nitrogens is 1. The molecule has 7 heteroatoms. The van der Waals surface area contributed by atoms with Crippen molar-refractivity contribution in [2.75, 3.05) is 13.6 Å². The second kappa shape index (κ2) is 13.0. The summed E-state index contributed by atoms with van der Waals surface area (Å²) in [5, 5.41) is 12.7. The first-order chi connectivity index (χ1) is 18.4. The van der Waals surface area contributed by atoms with Gasteiger partial charge in [-0.3, -0.25) is 15.0 Å². The van der Waals surface area contributed by atoms with Gasteiger partial charge in [-0.2, -0.15) is 0 Å². The maximum atomic E-state index is 13.9. The lowest BCUT2D eigenvalue weighted by Crippen LogP contribution is -2.57. The van der Waals surface area contributed by atoms with E-state index in [9.17, 15) is 14.7 Å². The number of carbonyl (C=O) groups excluding carboxylic acids is 1. The monoisotopic (exact) mass is 512 g/mol. The van der Waals surface area contributed by atoms with Crippen molar-refractivity contribution < 1.29 is 14.7 Å². The number of benzene rings is 3. The van der Waals surface area contributed by atoms with Gasteiger partial charge in [0, 0.05) is 43.3 Å². The van der Waals surface area contributed by atoms with Crippen LogP contribution in [0.3, 0.4) is 0 Å². The summed E-state index contributed by atoms with van der Waals surface area (Å²) in [5.41, 5.74) is 7.61. The molecule has 0 saturated carbocycles. The predicted octanol–water partition coefficient (Wildman–Crippen LogP) is 4.65. The molecule has 0 radical (unpaired) electrons. The van der Waals surface area contributed by atoms with E-state index in [2.05, 4.69) is 10.4 Å². The van der Waals surface area contributed by atoms with Crippen molar-refractivity contribution in [2.45, 2.75) is 44.8 Å². The smallest absolute Gasteiger partial charge is 0.304 e. The first-order valence-corrected chi connectivity index (χ1v) is 13.1. The highest BCUT2D eigenvalue weighted by Gasteiger charge is 2.30. The molecule has 0 aliphatic carbocycles. The number of fused-ring (bicyclic) bond motifs is 1. The average Bonchev–Trinajstić information content (AvgIpc) is 3.33. The first-order valence-electron chi connectivity index (χ1n) is 13.1. The van der Waals surface area contributed by atoms with Gasteiger partial charge in [0.25, 0.3) is 0 Å². The molecule has 1 aromatic heterocycles. The lowest BCUT2D eigenvalue weighted by Gasteiger charge is -2.36. The first kappa shape index (κ1) is 27.1. The highest BCUT2D eigenvalue weighted by molar-refractivity contribution is 5.83. The van der Waals surface area contributed by atoms with E-state index in [1.165, 1.54) is 0 Å². The fourth-order valence-electron chi connectivity index (χ4n) is 4.93. The number of rotatable bonds is 13. The molecule has 1 heterocycles. The minimum atomic E-state index is -0.884. The number of likely N-dealkylation sites (N-methyl/N-ethyl adjacent to an activating group) is 2. The molecule has 2 atom stereocenters. The quantitative estimate of drug-likeness (QED) is 0.227. The number of hydrogen-bond acceptors (Lipinski definition) is 4. The van der Waals surface area contributed by atoms with Gasteiger partial charge in [0.1, 0.15) is 6.04 Å². The van der Waals surface area contributed by atoms with Crippen LogP contribution in [0.4, 0.5) is 0 Å². The van der Waals surface area contributed by atoms with Gasteiger partial charge in [0.2, 0.25) is 5.91 Å². The van der Waals surface area contributed by atoms with E-state index in [0.717, 1.165) is 27.6 Å². The number of carbonyl (C=O) groups is 2. The number of hydrogen-bond donors (Lipinski definition) is 3. The SMILES string of the molecule is CCN(N[C@@H](CC(=O)O)Cc1c[nH]c2ccccc12)[C@@H](Cc1ccccc1)C(=O)N(C)Cc1ccccc1. The zero-order chi connectivity index (χ0) is 26.9. The third-order valence-corrected chi connectivity index (χ3v) is 6.82. The van der Waals surface area contributed by atoms with Gasteiger partial charge in [-0.25, -0.2) is 5.01 Å². The standard InChI is InChI=1S/C31H36N4O3/c1-3-35(33-26(20-30(36)37)19-25-21-32-28-17-11-10-16-27(25)28)29(18-23-12-6-4-7-13-23)31(38)34(2)22-24-14-8-5-9-15-24/h4-17,21,26,29,32-33H,3,18-20,22H2,1-2H3,(H,36,37)/t26-,29+/m1/s1. The number of carboxylic acids is 1. The van der Waals surface area contributed by atoms with Crippen molar-refractivity contribution >= 4 is 22.8 Å². The average molecular weight is 513 g/mol. The molecule has 0 fully saturated rings. The summed E-state index contributed by atoms with van der Waals surface area (Å²) < 4.78 is 0. The molecule has 0 aliphatic heterocycles. The van der Waals surface area contributed by atoms with Gasteiger partial charge >= 0.3 is 5.97 Å². The summed E-state index contributed by atoms with van der Waals surface area (Å²) in [5.74, 6) is -0.904. The van der Waals surface area contributed by atoms with E-state index in [-0.39, 0.29) is 12.3 Å². The van der Waals surface area contributed by atoms with Crippen molar-refractivity contribution in [3.05, 3.63) is 108 Å². The Hall–Kier alpha value is -3.94. The minimum absolute atomic E-state index is 0.0202. The second-order valence-corrected chi connectivity index (χ2v) is 9.66. The molecule has 198 valence electrons. The van der Waals surface area contributed by atoms with E-state index in [1.54, 1.807) is 4.90 Å². The number of para-hydroxylation sites is 1. The van der Waals surface area contributed by atoms with Gasteiger partial charge in [0.05, 0.1) is 6.42 Å². The van der Waals surface area contributed by atoms with Crippen LogP contribution in [0.1, 0.15) is 30.0 Å². The summed E-state index contributed by atoms with van der Waals surface area (Å²) in [7, 11) is 1.82. The molecule has 0 saturated heterocycles. The summed E-state index contributed by atoms with van der Waals surface area (Å²) >= 11 is 0. The number of hydrazine groups is 1. The van der Waals surface area contributed by atoms with E-state index >= 15 is 0 Å². The molecular formula is C31H36N4O3. The van der Waals surface area contributed by atoms with E-state index in [0.29, 0.717) is 25.9 Å². The molecule has 4 rings (SSSR count). The Kier molecular flexibility index (Phi) is 9.30. The number of aromatic amines is 1. The molecule has 3 aromatic carbocycles. The maximum absolute atomic E-state index is 13.9. The highest BCUT2D eigenvalue weighted by Crippen LogP contribution is 2.21. The molecule has 3 N–H and O–H groups in total. The van der Waals surface area contributed by atoms with Crippen molar-refractivity contribution in [3.8, 4) is 0 Å². The normalized spacial score (nSPS) is 12.9. The van der Waals surface area contributed by atoms with Crippen molar-refractivity contribution in [2.24, 2.45) is 0 Å². The number of aliphatic carboxylic acids is 1. The maximum Gasteiger partial charge on any atom is 0.304 e. The van der Waals surface area contributed by atoms with Crippen LogP contribution in [0, 0.1) is 0 Å². The van der Waals surface area contributed by atoms with Crippen LogP contribution in [0.2, 0.25) is 0 Å². The zero-order valence-electron chi connectivity index (χ0n) is 22.0. The van der Waals surface area contributed by atoms with Crippen LogP contribution in [-0.4, -0.2) is 57.6 Å². The summed E-state index contributed by atoms with van der Waals surface area (Å²) in [4.78, 5) is 30.7. The Bertz CT molecular complexity index is 1320. The number of nitrogens with zero attached hydrogens (tertiary/aromatic N) is 2. The fraction of sp³-hybridized carbons (Fsp3) is 0.290. The zero-order valence-corrected chi connectivity index (χ0v) is 22.0. The van der Waals surface area contributed by atoms with Crippen LogP contribution < -0.4 is 5.43 Å². The predicted molar refractivity (Wildman–Crippen MR) is 150 cm³/mol. The van der Waals surface area contributed by atoms with Crippen LogP contribution in [0.15, 0.2) is 91.1 Å². The van der Waals surface area contributed by atoms with E-state index < -0.39 is 18.1 Å². The Balaban J connectivity index is 1.58. The van der Waals surface area contributed by atoms with Gasteiger partial charge in [-0.05, 0) is 35.6 Å². The molecule has 38 heavy (non-hydrogen) atoms. The number of carboxylic acid groups (broad SMARTS) is 1. The Morgan fingerprint density at radius 2 is 1.53 bits per heavy atom. The van der Waals surface area contributed by atoms with Crippen molar-refractivity contribution in [1.82, 2.24) is 20.3 Å². The molecule has 0 spiro atoms. The summed E-state index contributed by atoms with van der Waals surface area (Å²) in [6.07, 6.45) is 2.89. The van der Waals surface area contributed by atoms with Crippen LogP contribution in [0.25, 0.3) is 10.9 Å². The molecule has 7 nitrogen and oxygen atoms in total. The van der Waals surface area contributed by atoms with Crippen molar-refractivity contribution in [3.63, 3.8) is 0 Å². The third kappa shape index (κ3) is 7.09. The van der Waals surface area contributed by atoms with Gasteiger partial charge in [-0.15, -0.1) is 0 Å². The highest BCUT2D eigenvalue weighted by atomic mass is 16.4. The van der Waals surface area contributed by atoms with Gasteiger partial charge < -0.3 is 15.0 Å². The number of nitrogens with one attached hydrogen (secondary N) is 2. The third-order valence-electron chi connectivity index (χ3n) is 6.82. The minimum Gasteiger partial charge on any atom is -0.481 e. The largest absolute Gasteiger partial charge is 0.481 e. The van der Waals surface area contributed by atoms with E-state index in [1.807, 2.05) is 110 Å². The van der Waals surface area contributed by atoms with E-state index in [4.69, 9.17) is 0 Å². The van der Waals surface area contributed by atoms with Crippen LogP contribution in [0.5, 0.6) is 0 Å². The lowest BCUT2D eigenvalue weighted by molar-refractivity contribution is -0.139. The lowest BCUT2D eigenvalue weighted by atomic mass is 10.0. The van der Waals surface area contributed by atoms with Crippen LogP contribution in [-0.2, 0) is 29.0 Å². The number of amides is 1. The van der Waals surface area contributed by atoms with Crippen LogP contribution >= 0.6 is 0 Å². The van der Waals surface area contributed by atoms with Gasteiger partial charge in [0.15, 0.2) is 0 Å². The second-order valence-electron chi connectivity index (χ2n) is 9.66. The molecule has 0 bridgehead atoms. The van der Waals surface area contributed by atoms with Gasteiger partial charge in [-0.1, -0.05) is 85.8 Å². The summed E-state index contributed by atoms with van der Waals surface area (Å²) in [6.45, 7) is 3.02. The molecule has 0 unspecified atom stereocenters. The Morgan fingerprint density at radius 1 is 0.895 bits per heavy atom. The van der Waals surface area contributed by atoms with Crippen molar-refractivity contribution in [1.29, 1.82) is 0 Å². The molecular weight excluding hydrogens is 476 g/mol.